The molecule has 0 aliphatic rings. The van der Waals surface area contributed by atoms with Gasteiger partial charge in [-0.2, -0.15) is 5.10 Å². The fraction of sp³-hybridized carbons (Fsp3) is 0.176. The Balaban J connectivity index is 1.62. The molecule has 4 rings (SSSR count). The van der Waals surface area contributed by atoms with Gasteiger partial charge in [0.1, 0.15) is 10.6 Å². The number of pyridine rings is 1. The highest BCUT2D eigenvalue weighted by Gasteiger charge is 2.13. The van der Waals surface area contributed by atoms with Gasteiger partial charge >= 0.3 is 0 Å². The predicted octanol–water partition coefficient (Wildman–Crippen LogP) is 4.10. The zero-order valence-corrected chi connectivity index (χ0v) is 13.7. The number of aromatic nitrogens is 3. The van der Waals surface area contributed by atoms with Gasteiger partial charge in [0, 0.05) is 17.6 Å². The van der Waals surface area contributed by atoms with Gasteiger partial charge in [-0.15, -0.1) is 11.3 Å². The monoisotopic (exact) mass is 324 g/mol. The van der Waals surface area contributed by atoms with E-state index in [1.54, 1.807) is 18.4 Å². The van der Waals surface area contributed by atoms with Crippen molar-refractivity contribution in [3.63, 3.8) is 0 Å². The van der Waals surface area contributed by atoms with E-state index in [2.05, 4.69) is 26.6 Å². The van der Waals surface area contributed by atoms with E-state index >= 15 is 0 Å². The summed E-state index contributed by atoms with van der Waals surface area (Å²) in [5.41, 5.74) is 3.26. The molecule has 0 atom stereocenters. The fourth-order valence-corrected chi connectivity index (χ4v) is 3.70. The zero-order valence-electron chi connectivity index (χ0n) is 12.9. The van der Waals surface area contributed by atoms with Crippen molar-refractivity contribution >= 4 is 37.6 Å². The van der Waals surface area contributed by atoms with E-state index in [0.717, 1.165) is 37.7 Å². The molecule has 4 aromatic rings. The zero-order chi connectivity index (χ0) is 15.8. The molecule has 0 saturated heterocycles. The lowest BCUT2D eigenvalue weighted by atomic mass is 10.2. The lowest BCUT2D eigenvalue weighted by Gasteiger charge is -2.04. The minimum absolute atomic E-state index is 0.713. The largest absolute Gasteiger partial charge is 0.497 e. The molecule has 0 fully saturated rings. The Kier molecular flexibility index (Phi) is 3.38. The minimum Gasteiger partial charge on any atom is -0.497 e. The molecule has 0 radical (unpaired) electrons. The number of hydrogen-bond acceptors (Lipinski definition) is 5. The van der Waals surface area contributed by atoms with E-state index in [1.165, 1.54) is 5.56 Å². The molecule has 3 aromatic heterocycles. The number of ether oxygens (including phenoxy) is 1. The predicted molar refractivity (Wildman–Crippen MR) is 94.3 cm³/mol. The van der Waals surface area contributed by atoms with Crippen molar-refractivity contribution < 1.29 is 4.74 Å². The number of nitrogens with zero attached hydrogens (tertiary/aromatic N) is 2. The second-order valence-corrected chi connectivity index (χ2v) is 6.38. The van der Waals surface area contributed by atoms with Crippen LogP contribution in [0.2, 0.25) is 0 Å². The molecule has 0 aliphatic heterocycles. The molecule has 0 unspecified atom stereocenters. The SMILES string of the molecule is COc1ccc(CNc2n[nH]c3c2sc2nc(C)ccc23)cc1. The van der Waals surface area contributed by atoms with Gasteiger partial charge in [0.2, 0.25) is 0 Å². The Morgan fingerprint density at radius 3 is 2.78 bits per heavy atom. The summed E-state index contributed by atoms with van der Waals surface area (Å²) in [7, 11) is 1.67. The molecule has 0 spiro atoms. The van der Waals surface area contributed by atoms with Crippen molar-refractivity contribution in [2.75, 3.05) is 12.4 Å². The Bertz CT molecular complexity index is 972. The van der Waals surface area contributed by atoms with E-state index in [-0.39, 0.29) is 0 Å². The van der Waals surface area contributed by atoms with Crippen molar-refractivity contribution in [1.82, 2.24) is 15.2 Å². The van der Waals surface area contributed by atoms with Crippen LogP contribution in [0.5, 0.6) is 5.75 Å². The van der Waals surface area contributed by atoms with E-state index in [9.17, 15) is 0 Å². The van der Waals surface area contributed by atoms with Gasteiger partial charge in [0.25, 0.3) is 0 Å². The van der Waals surface area contributed by atoms with Crippen LogP contribution in [0.3, 0.4) is 0 Å². The molecule has 0 amide bonds. The highest BCUT2D eigenvalue weighted by Crippen LogP contribution is 2.35. The standard InChI is InChI=1S/C17H16N4OS/c1-10-3-8-13-14-15(23-17(13)19-10)16(21-20-14)18-9-11-4-6-12(22-2)7-5-11/h3-8H,9H2,1-2H3,(H2,18,20,21). The molecule has 6 heteroatoms. The first-order valence-corrected chi connectivity index (χ1v) is 8.17. The smallest absolute Gasteiger partial charge is 0.166 e. The number of benzene rings is 1. The topological polar surface area (TPSA) is 62.8 Å². The van der Waals surface area contributed by atoms with Crippen molar-refractivity contribution in [2.24, 2.45) is 0 Å². The average molecular weight is 324 g/mol. The van der Waals surface area contributed by atoms with Crippen LogP contribution in [0.25, 0.3) is 20.4 Å². The summed E-state index contributed by atoms with van der Waals surface area (Å²) in [4.78, 5) is 5.64. The van der Waals surface area contributed by atoms with Crippen molar-refractivity contribution in [2.45, 2.75) is 13.5 Å². The van der Waals surface area contributed by atoms with Gasteiger partial charge in [-0.25, -0.2) is 4.98 Å². The molecular weight excluding hydrogens is 308 g/mol. The summed E-state index contributed by atoms with van der Waals surface area (Å²) in [6, 6.07) is 12.1. The van der Waals surface area contributed by atoms with Crippen molar-refractivity contribution in [1.29, 1.82) is 0 Å². The number of aryl methyl sites for hydroxylation is 1. The van der Waals surface area contributed by atoms with Gasteiger partial charge in [-0.1, -0.05) is 12.1 Å². The van der Waals surface area contributed by atoms with Crippen LogP contribution in [-0.4, -0.2) is 22.3 Å². The maximum absolute atomic E-state index is 5.18. The summed E-state index contributed by atoms with van der Waals surface area (Å²) in [6.45, 7) is 2.72. The van der Waals surface area contributed by atoms with E-state index in [4.69, 9.17) is 4.74 Å². The summed E-state index contributed by atoms with van der Waals surface area (Å²) in [6.07, 6.45) is 0. The third kappa shape index (κ3) is 2.51. The number of fused-ring (bicyclic) bond motifs is 3. The number of H-pyrrole nitrogens is 1. The van der Waals surface area contributed by atoms with Crippen LogP contribution in [0.4, 0.5) is 5.82 Å². The molecule has 3 heterocycles. The fourth-order valence-electron chi connectivity index (χ4n) is 2.56. The first-order chi connectivity index (χ1) is 11.2. The maximum atomic E-state index is 5.18. The molecule has 116 valence electrons. The number of anilines is 1. The number of thiophene rings is 1. The first-order valence-electron chi connectivity index (χ1n) is 7.35. The second-order valence-electron chi connectivity index (χ2n) is 5.39. The molecule has 0 saturated carbocycles. The van der Waals surface area contributed by atoms with Crippen LogP contribution in [0.15, 0.2) is 36.4 Å². The van der Waals surface area contributed by atoms with Crippen LogP contribution in [0.1, 0.15) is 11.3 Å². The highest BCUT2D eigenvalue weighted by molar-refractivity contribution is 7.26. The third-order valence-corrected chi connectivity index (χ3v) is 4.91. The minimum atomic E-state index is 0.713. The Labute approximate surface area is 137 Å². The van der Waals surface area contributed by atoms with Gasteiger partial charge < -0.3 is 10.1 Å². The number of methoxy groups -OCH3 is 1. The van der Waals surface area contributed by atoms with Crippen molar-refractivity contribution in [3.05, 3.63) is 47.7 Å². The number of hydrogen-bond donors (Lipinski definition) is 2. The van der Waals surface area contributed by atoms with E-state index in [0.29, 0.717) is 6.54 Å². The van der Waals surface area contributed by atoms with Crippen LogP contribution in [0, 0.1) is 6.92 Å². The summed E-state index contributed by atoms with van der Waals surface area (Å²) < 4.78 is 6.29. The lowest BCUT2D eigenvalue weighted by Crippen LogP contribution is -1.99. The molecule has 1 aromatic carbocycles. The Morgan fingerprint density at radius 2 is 2.00 bits per heavy atom. The van der Waals surface area contributed by atoms with Gasteiger partial charge in [0.05, 0.1) is 17.3 Å². The Morgan fingerprint density at radius 1 is 1.17 bits per heavy atom. The highest BCUT2D eigenvalue weighted by atomic mass is 32.1. The number of nitrogens with one attached hydrogen (secondary N) is 2. The normalized spacial score (nSPS) is 11.2. The Hall–Kier alpha value is -2.60. The number of rotatable bonds is 4. The first kappa shape index (κ1) is 14.0. The van der Waals surface area contributed by atoms with Crippen molar-refractivity contribution in [3.8, 4) is 5.75 Å². The van der Waals surface area contributed by atoms with Crippen LogP contribution in [-0.2, 0) is 6.54 Å². The van der Waals surface area contributed by atoms with Gasteiger partial charge in [-0.05, 0) is 36.8 Å². The summed E-state index contributed by atoms with van der Waals surface area (Å²) in [5, 5.41) is 12.0. The molecule has 2 N–H and O–H groups in total. The number of aromatic amines is 1. The lowest BCUT2D eigenvalue weighted by molar-refractivity contribution is 0.414. The molecule has 0 bridgehead atoms. The molecular formula is C17H16N4OS. The second kappa shape index (κ2) is 5.55. The summed E-state index contributed by atoms with van der Waals surface area (Å²) >= 11 is 1.66. The molecule has 23 heavy (non-hydrogen) atoms. The van der Waals surface area contributed by atoms with Crippen LogP contribution < -0.4 is 10.1 Å². The van der Waals surface area contributed by atoms with E-state index < -0.39 is 0 Å². The van der Waals surface area contributed by atoms with E-state index in [1.807, 2.05) is 37.3 Å². The summed E-state index contributed by atoms with van der Waals surface area (Å²) in [5.74, 6) is 1.73. The molecule has 0 aliphatic carbocycles. The average Bonchev–Trinajstić information content (AvgIpc) is 3.12. The quantitative estimate of drug-likeness (QED) is 0.593. The van der Waals surface area contributed by atoms with Gasteiger partial charge in [0.15, 0.2) is 5.82 Å². The molecule has 5 nitrogen and oxygen atoms in total. The van der Waals surface area contributed by atoms with Crippen LogP contribution >= 0.6 is 11.3 Å². The maximum Gasteiger partial charge on any atom is 0.166 e. The van der Waals surface area contributed by atoms with Gasteiger partial charge in [-0.3, -0.25) is 5.10 Å². The third-order valence-electron chi connectivity index (χ3n) is 3.81.